The number of carbonyl (C=O) groups excluding carboxylic acids is 5. The summed E-state index contributed by atoms with van der Waals surface area (Å²) in [5, 5.41) is 54.7. The van der Waals surface area contributed by atoms with Crippen LogP contribution in [0.4, 0.5) is 9.93 Å². The van der Waals surface area contributed by atoms with Crippen LogP contribution in [0, 0.1) is 0 Å². The average molecular weight is 811 g/mol. The van der Waals surface area contributed by atoms with Gasteiger partial charge in [0.25, 0.3) is 17.7 Å². The van der Waals surface area contributed by atoms with Gasteiger partial charge in [-0.05, 0) is 26.0 Å². The lowest BCUT2D eigenvalue weighted by atomic mass is 10.1. The molecule has 3 aliphatic heterocycles. The molecule has 1 aromatic carbocycles. The highest BCUT2D eigenvalue weighted by Gasteiger charge is 2.66. The fourth-order valence-corrected chi connectivity index (χ4v) is 7.57. The van der Waals surface area contributed by atoms with Crippen molar-refractivity contribution < 1.29 is 58.8 Å². The molecule has 2 aromatic rings. The van der Waals surface area contributed by atoms with E-state index in [1.165, 1.54) is 30.2 Å². The summed E-state index contributed by atoms with van der Waals surface area (Å²) in [6.07, 6.45) is 0.784. The van der Waals surface area contributed by atoms with Crippen LogP contribution >= 0.6 is 34.7 Å². The normalized spacial score (nSPS) is 21.2. The molecule has 1 unspecified atom stereocenters. The first kappa shape index (κ1) is 39.3. The van der Waals surface area contributed by atoms with Gasteiger partial charge in [0.15, 0.2) is 22.3 Å². The van der Waals surface area contributed by atoms with Crippen LogP contribution in [-0.2, 0) is 28.8 Å². The summed E-state index contributed by atoms with van der Waals surface area (Å²) < 4.78 is 0. The number of halogens is 1. The second kappa shape index (κ2) is 15.2. The minimum atomic E-state index is -1.99. The van der Waals surface area contributed by atoms with Crippen molar-refractivity contribution in [1.29, 1.82) is 0 Å². The molecule has 5 rings (SSSR count). The number of carboxylic acid groups (broad SMARTS) is 2. The van der Waals surface area contributed by atoms with Crippen LogP contribution < -0.4 is 21.7 Å². The Labute approximate surface area is 316 Å². The molecule has 25 heteroatoms. The largest absolute Gasteiger partial charge is 0.504 e. The van der Waals surface area contributed by atoms with E-state index in [1.807, 2.05) is 0 Å². The summed E-state index contributed by atoms with van der Waals surface area (Å²) >= 11 is 7.56. The highest BCUT2D eigenvalue weighted by atomic mass is 35.5. The second-order valence-corrected chi connectivity index (χ2v) is 14.7. The monoisotopic (exact) mass is 810 g/mol. The van der Waals surface area contributed by atoms with E-state index >= 15 is 0 Å². The van der Waals surface area contributed by atoms with Crippen molar-refractivity contribution >= 4 is 93.4 Å². The predicted octanol–water partition coefficient (Wildman–Crippen LogP) is -1.18. The van der Waals surface area contributed by atoms with Crippen molar-refractivity contribution in [1.82, 2.24) is 35.7 Å². The van der Waals surface area contributed by atoms with Gasteiger partial charge in [0.05, 0.1) is 23.7 Å². The molecule has 9 N–H and O–H groups in total. The molecule has 0 saturated carbocycles. The molecule has 6 amide bonds. The maximum atomic E-state index is 13.4. The first-order valence-electron chi connectivity index (χ1n) is 15.5. The van der Waals surface area contributed by atoms with Crippen molar-refractivity contribution in [2.24, 2.45) is 10.3 Å². The maximum absolute atomic E-state index is 13.4. The Morgan fingerprint density at radius 3 is 2.50 bits per heavy atom. The van der Waals surface area contributed by atoms with Gasteiger partial charge in [0, 0.05) is 25.0 Å². The van der Waals surface area contributed by atoms with Crippen LogP contribution in [0.3, 0.4) is 0 Å². The smallest absolute Gasteiger partial charge is 0.350 e. The van der Waals surface area contributed by atoms with E-state index in [9.17, 15) is 54.0 Å². The zero-order chi connectivity index (χ0) is 39.7. The number of phenolic OH excluding ortho intramolecular Hbond substituents is 2. The number of thioether (sulfide) groups is 1. The van der Waals surface area contributed by atoms with E-state index in [2.05, 4.69) is 31.2 Å². The van der Waals surface area contributed by atoms with Gasteiger partial charge in [-0.2, -0.15) is 5.10 Å². The number of aromatic hydroxyl groups is 2. The Kier molecular flexibility index (Phi) is 11.1. The standard InChI is InChI=1S/C29H31ClN10O12S2/c1-28(2,24(47)48)52-37-17(13-10-53-26(31)35-13)21(45)36-18-22(46)38-11-29(25(49)50,54-23(18)38)39-7-8-40(27(39)51)34-9-15(42)32-5-6-33-20(44)12-3-4-14(41)19(43)16(12)30/h3-4,9-10,18,23,41,43H,5-8,11H2,1-2H3,(H2,31,35)(H,32,42)(H,33,44)(H,36,45)(H,47,48)(H,49,50)/b34-9+,37-17-/t18?,23-,29-/m1/s1. The number of nitrogens with two attached hydrogens (primary N) is 1. The number of aromatic nitrogens is 1. The number of β-lactam (4-membered cyclic amide) rings is 1. The number of oxime groups is 1. The molecule has 1 aromatic heterocycles. The number of aliphatic carboxylic acids is 2. The number of hydrogen-bond donors (Lipinski definition) is 8. The van der Waals surface area contributed by atoms with E-state index in [1.54, 1.807) is 0 Å². The van der Waals surface area contributed by atoms with E-state index in [0.29, 0.717) is 0 Å². The Morgan fingerprint density at radius 2 is 1.85 bits per heavy atom. The number of anilines is 1. The van der Waals surface area contributed by atoms with Crippen molar-refractivity contribution in [2.45, 2.75) is 35.7 Å². The first-order chi connectivity index (χ1) is 25.4. The molecule has 4 heterocycles. The van der Waals surface area contributed by atoms with Crippen molar-refractivity contribution in [3.05, 3.63) is 33.8 Å². The van der Waals surface area contributed by atoms with E-state index in [0.717, 1.165) is 45.3 Å². The quantitative estimate of drug-likeness (QED) is 0.0366. The van der Waals surface area contributed by atoms with Crippen LogP contribution in [0.2, 0.25) is 5.02 Å². The first-order valence-corrected chi connectivity index (χ1v) is 17.6. The molecule has 3 atom stereocenters. The molecule has 3 aliphatic rings. The van der Waals surface area contributed by atoms with E-state index in [-0.39, 0.29) is 47.6 Å². The summed E-state index contributed by atoms with van der Waals surface area (Å²) in [5.74, 6) is -7.11. The third kappa shape index (κ3) is 7.60. The number of thiazole rings is 1. The number of urea groups is 1. The molecular weight excluding hydrogens is 780 g/mol. The van der Waals surface area contributed by atoms with Crippen LogP contribution in [0.5, 0.6) is 11.5 Å². The van der Waals surface area contributed by atoms with Crippen LogP contribution in [0.1, 0.15) is 29.9 Å². The Balaban J connectivity index is 1.18. The second-order valence-electron chi connectivity index (χ2n) is 12.1. The summed E-state index contributed by atoms with van der Waals surface area (Å²) in [6, 6.07) is 0.126. The number of amides is 6. The third-order valence-corrected chi connectivity index (χ3v) is 10.8. The molecule has 0 aliphatic carbocycles. The Hall–Kier alpha value is -5.88. The Bertz CT molecular complexity index is 1990. The number of benzene rings is 1. The van der Waals surface area contributed by atoms with Gasteiger partial charge in [0.1, 0.15) is 23.3 Å². The number of nitrogen functional groups attached to an aromatic ring is 1. The van der Waals surface area contributed by atoms with Crippen LogP contribution in [0.25, 0.3) is 0 Å². The molecule has 3 saturated heterocycles. The number of phenols is 2. The summed E-state index contributed by atoms with van der Waals surface area (Å²) in [7, 11) is 0. The van der Waals surface area contributed by atoms with Crippen molar-refractivity contribution in [3.8, 4) is 11.5 Å². The number of hydrogen-bond acceptors (Lipinski definition) is 16. The van der Waals surface area contributed by atoms with Gasteiger partial charge < -0.3 is 51.8 Å². The predicted molar refractivity (Wildman–Crippen MR) is 189 cm³/mol. The molecule has 0 bridgehead atoms. The summed E-state index contributed by atoms with van der Waals surface area (Å²) in [4.78, 5) is 98.0. The zero-order valence-corrected chi connectivity index (χ0v) is 30.4. The van der Waals surface area contributed by atoms with Gasteiger partial charge in [-0.25, -0.2) is 24.4 Å². The van der Waals surface area contributed by atoms with E-state index in [4.69, 9.17) is 22.2 Å². The number of carbonyl (C=O) groups is 7. The molecule has 22 nitrogen and oxygen atoms in total. The maximum Gasteiger partial charge on any atom is 0.350 e. The SMILES string of the molecule is CC(C)(O/N=C(\C(=O)NC1C(=O)N2C[C@@](C(=O)O)(N3CCN(/N=C/C(=O)NCCNC(=O)c4ccc(O)c(O)c4Cl)C3=O)S[C@H]12)c1csc(N)n1)C(=O)O. The fourth-order valence-electron chi connectivity index (χ4n) is 5.14. The minimum absolute atomic E-state index is 0.0585. The lowest BCUT2D eigenvalue weighted by molar-refractivity contribution is -0.161. The van der Waals surface area contributed by atoms with Gasteiger partial charge >= 0.3 is 18.0 Å². The lowest BCUT2D eigenvalue weighted by Crippen LogP contribution is -2.68. The minimum Gasteiger partial charge on any atom is -0.504 e. The van der Waals surface area contributed by atoms with Gasteiger partial charge in [-0.1, -0.05) is 28.5 Å². The zero-order valence-electron chi connectivity index (χ0n) is 28.0. The number of fused-ring (bicyclic) bond motifs is 1. The summed E-state index contributed by atoms with van der Waals surface area (Å²) in [6.45, 7) is 1.52. The highest BCUT2D eigenvalue weighted by Crippen LogP contribution is 2.49. The highest BCUT2D eigenvalue weighted by molar-refractivity contribution is 8.02. The molecule has 288 valence electrons. The number of carboxylic acids is 2. The van der Waals surface area contributed by atoms with Gasteiger partial charge in [-0.15, -0.1) is 11.3 Å². The molecular formula is C29H31ClN10O12S2. The fraction of sp³-hybridized carbons (Fsp3) is 0.379. The number of nitrogens with one attached hydrogen (secondary N) is 3. The average Bonchev–Trinajstić information content (AvgIpc) is 3.82. The number of nitrogens with zero attached hydrogens (tertiary/aromatic N) is 6. The number of hydrazone groups is 1. The number of rotatable bonds is 14. The van der Waals surface area contributed by atoms with Crippen molar-refractivity contribution in [3.63, 3.8) is 0 Å². The molecule has 0 radical (unpaired) electrons. The van der Waals surface area contributed by atoms with Gasteiger partial charge in [-0.3, -0.25) is 24.1 Å². The van der Waals surface area contributed by atoms with Crippen LogP contribution in [-0.4, -0.2) is 148 Å². The van der Waals surface area contributed by atoms with Gasteiger partial charge in [0.2, 0.25) is 16.4 Å². The molecule has 0 spiro atoms. The third-order valence-electron chi connectivity index (χ3n) is 8.11. The van der Waals surface area contributed by atoms with E-state index < -0.39 is 87.2 Å². The van der Waals surface area contributed by atoms with Crippen molar-refractivity contribution in [2.75, 3.05) is 38.5 Å². The molecule has 3 fully saturated rings. The summed E-state index contributed by atoms with van der Waals surface area (Å²) in [5.41, 5.74) is 3.16. The lowest BCUT2D eigenvalue weighted by Gasteiger charge is -2.41. The van der Waals surface area contributed by atoms with Crippen LogP contribution in [0.15, 0.2) is 27.8 Å². The molecule has 54 heavy (non-hydrogen) atoms. The Morgan fingerprint density at radius 1 is 1.15 bits per heavy atom. The topological polar surface area (TPSA) is 319 Å².